The second kappa shape index (κ2) is 8.85. The van der Waals surface area contributed by atoms with Crippen molar-refractivity contribution >= 4 is 29.2 Å². The molecule has 4 rings (SSSR count). The average molecular weight is 425 g/mol. The number of imide groups is 1. The highest BCUT2D eigenvalue weighted by molar-refractivity contribution is 6.22. The zero-order valence-corrected chi connectivity index (χ0v) is 17.3. The Hall–Kier alpha value is -3.26. The number of halogens is 1. The van der Waals surface area contributed by atoms with Crippen LogP contribution in [-0.4, -0.2) is 61.5 Å². The molecule has 2 amide bonds. The zero-order chi connectivity index (χ0) is 22.0. The van der Waals surface area contributed by atoms with Gasteiger partial charge in [-0.05, 0) is 43.3 Å². The van der Waals surface area contributed by atoms with E-state index in [9.17, 15) is 18.8 Å². The summed E-state index contributed by atoms with van der Waals surface area (Å²) in [6.07, 6.45) is 0.109. The minimum Gasteiger partial charge on any atom is -0.462 e. The molecule has 0 spiro atoms. The van der Waals surface area contributed by atoms with E-state index in [1.807, 2.05) is 9.80 Å². The van der Waals surface area contributed by atoms with Gasteiger partial charge in [0.15, 0.2) is 0 Å². The standard InChI is InChI=1S/C23H24FN3O4/c1-2-31-23(30)16-7-9-17(10-8-16)27-21(28)15-20(22(27)29)26-13-11-25(12-14-26)19-6-4-3-5-18(19)24/h3-10,20H,2,11-15H2,1H3. The van der Waals surface area contributed by atoms with Crippen LogP contribution >= 0.6 is 0 Å². The van der Waals surface area contributed by atoms with Crippen LogP contribution in [0.25, 0.3) is 0 Å². The molecule has 0 radical (unpaired) electrons. The molecule has 2 aromatic rings. The third kappa shape index (κ3) is 4.16. The minimum absolute atomic E-state index is 0.109. The predicted molar refractivity (Wildman–Crippen MR) is 113 cm³/mol. The van der Waals surface area contributed by atoms with Crippen molar-refractivity contribution in [3.05, 3.63) is 59.9 Å². The Balaban J connectivity index is 1.42. The van der Waals surface area contributed by atoms with Gasteiger partial charge in [0, 0.05) is 26.2 Å². The molecule has 2 aliphatic heterocycles. The molecule has 0 aromatic heterocycles. The van der Waals surface area contributed by atoms with E-state index in [4.69, 9.17) is 4.74 Å². The molecule has 0 saturated carbocycles. The molecule has 0 aliphatic carbocycles. The van der Waals surface area contributed by atoms with E-state index in [0.717, 1.165) is 0 Å². The number of hydrogen-bond acceptors (Lipinski definition) is 6. The quantitative estimate of drug-likeness (QED) is 0.542. The molecule has 1 unspecified atom stereocenters. The number of amides is 2. The van der Waals surface area contributed by atoms with Gasteiger partial charge in [-0.2, -0.15) is 0 Å². The number of hydrogen-bond donors (Lipinski definition) is 0. The highest BCUT2D eigenvalue weighted by atomic mass is 19.1. The second-order valence-corrected chi connectivity index (χ2v) is 7.53. The molecular formula is C23H24FN3O4. The van der Waals surface area contributed by atoms with Gasteiger partial charge in [0.1, 0.15) is 5.82 Å². The van der Waals surface area contributed by atoms with E-state index in [0.29, 0.717) is 43.1 Å². The van der Waals surface area contributed by atoms with Crippen LogP contribution in [-0.2, 0) is 14.3 Å². The lowest BCUT2D eigenvalue weighted by Gasteiger charge is -2.38. The summed E-state index contributed by atoms with van der Waals surface area (Å²) in [6.45, 7) is 4.28. The molecule has 2 aromatic carbocycles. The number of nitrogens with zero attached hydrogens (tertiary/aromatic N) is 3. The first-order valence-electron chi connectivity index (χ1n) is 10.4. The summed E-state index contributed by atoms with van der Waals surface area (Å²) in [5.41, 5.74) is 1.36. The molecule has 2 saturated heterocycles. The monoisotopic (exact) mass is 425 g/mol. The lowest BCUT2D eigenvalue weighted by molar-refractivity contribution is -0.123. The third-order valence-corrected chi connectivity index (χ3v) is 5.71. The van der Waals surface area contributed by atoms with Gasteiger partial charge in [0.2, 0.25) is 5.91 Å². The van der Waals surface area contributed by atoms with Gasteiger partial charge in [-0.25, -0.2) is 14.1 Å². The average Bonchev–Trinajstić information content (AvgIpc) is 3.08. The fraction of sp³-hybridized carbons (Fsp3) is 0.348. The Labute approximate surface area is 180 Å². The van der Waals surface area contributed by atoms with Gasteiger partial charge < -0.3 is 9.64 Å². The van der Waals surface area contributed by atoms with Crippen molar-refractivity contribution in [1.29, 1.82) is 0 Å². The number of piperazine rings is 1. The molecular weight excluding hydrogens is 401 g/mol. The number of carbonyl (C=O) groups is 3. The van der Waals surface area contributed by atoms with Crippen LogP contribution in [0, 0.1) is 5.82 Å². The third-order valence-electron chi connectivity index (χ3n) is 5.71. The molecule has 7 nitrogen and oxygen atoms in total. The first kappa shape index (κ1) is 21.0. The molecule has 0 N–H and O–H groups in total. The Bertz CT molecular complexity index is 987. The molecule has 0 bridgehead atoms. The lowest BCUT2D eigenvalue weighted by atomic mass is 10.1. The van der Waals surface area contributed by atoms with Crippen molar-refractivity contribution in [1.82, 2.24) is 4.90 Å². The van der Waals surface area contributed by atoms with Crippen molar-refractivity contribution < 1.29 is 23.5 Å². The molecule has 2 fully saturated rings. The number of benzene rings is 2. The van der Waals surface area contributed by atoms with E-state index in [1.54, 1.807) is 49.4 Å². The summed E-state index contributed by atoms with van der Waals surface area (Å²) < 4.78 is 19.0. The smallest absolute Gasteiger partial charge is 0.338 e. The van der Waals surface area contributed by atoms with Gasteiger partial charge in [0.25, 0.3) is 5.91 Å². The van der Waals surface area contributed by atoms with Gasteiger partial charge in [-0.15, -0.1) is 0 Å². The highest BCUT2D eigenvalue weighted by Gasteiger charge is 2.43. The number of ether oxygens (including phenoxy) is 1. The van der Waals surface area contributed by atoms with Gasteiger partial charge in [-0.3, -0.25) is 14.5 Å². The molecule has 31 heavy (non-hydrogen) atoms. The maximum atomic E-state index is 14.1. The first-order valence-corrected chi connectivity index (χ1v) is 10.4. The zero-order valence-electron chi connectivity index (χ0n) is 17.3. The Morgan fingerprint density at radius 2 is 1.71 bits per heavy atom. The largest absolute Gasteiger partial charge is 0.462 e. The summed E-state index contributed by atoms with van der Waals surface area (Å²) in [4.78, 5) is 42.6. The van der Waals surface area contributed by atoms with Gasteiger partial charge >= 0.3 is 5.97 Å². The van der Waals surface area contributed by atoms with Crippen LogP contribution in [0.2, 0.25) is 0 Å². The van der Waals surface area contributed by atoms with Gasteiger partial charge in [-0.1, -0.05) is 12.1 Å². The molecule has 8 heteroatoms. The first-order chi connectivity index (χ1) is 15.0. The summed E-state index contributed by atoms with van der Waals surface area (Å²) in [5, 5.41) is 0. The van der Waals surface area contributed by atoms with Crippen LogP contribution in [0.1, 0.15) is 23.7 Å². The summed E-state index contributed by atoms with van der Waals surface area (Å²) in [5.74, 6) is -1.25. The van der Waals surface area contributed by atoms with Crippen LogP contribution < -0.4 is 9.80 Å². The van der Waals surface area contributed by atoms with Gasteiger partial charge in [0.05, 0.1) is 36.0 Å². The predicted octanol–water partition coefficient (Wildman–Crippen LogP) is 2.46. The second-order valence-electron chi connectivity index (χ2n) is 7.53. The molecule has 1 atom stereocenters. The van der Waals surface area contributed by atoms with E-state index in [-0.39, 0.29) is 30.7 Å². The Kier molecular flexibility index (Phi) is 5.99. The van der Waals surface area contributed by atoms with E-state index in [1.165, 1.54) is 11.0 Å². The Morgan fingerprint density at radius 3 is 2.35 bits per heavy atom. The summed E-state index contributed by atoms with van der Waals surface area (Å²) >= 11 is 0. The van der Waals surface area contributed by atoms with Crippen molar-refractivity contribution in [3.63, 3.8) is 0 Å². The number of anilines is 2. The van der Waals surface area contributed by atoms with Crippen LogP contribution in [0.5, 0.6) is 0 Å². The van der Waals surface area contributed by atoms with Crippen molar-refractivity contribution in [2.75, 3.05) is 42.6 Å². The number of para-hydroxylation sites is 1. The van der Waals surface area contributed by atoms with Crippen LogP contribution in [0.4, 0.5) is 15.8 Å². The Morgan fingerprint density at radius 1 is 1.03 bits per heavy atom. The maximum Gasteiger partial charge on any atom is 0.338 e. The number of esters is 1. The molecule has 162 valence electrons. The fourth-order valence-corrected chi connectivity index (χ4v) is 4.12. The van der Waals surface area contributed by atoms with E-state index in [2.05, 4.69) is 0 Å². The van der Waals surface area contributed by atoms with Crippen molar-refractivity contribution in [2.45, 2.75) is 19.4 Å². The number of rotatable bonds is 5. The lowest BCUT2D eigenvalue weighted by Crippen LogP contribution is -2.52. The number of carbonyl (C=O) groups excluding carboxylic acids is 3. The highest BCUT2D eigenvalue weighted by Crippen LogP contribution is 2.28. The normalized spacial score (nSPS) is 19.7. The topological polar surface area (TPSA) is 70.2 Å². The molecule has 2 aliphatic rings. The summed E-state index contributed by atoms with van der Waals surface area (Å²) in [7, 11) is 0. The summed E-state index contributed by atoms with van der Waals surface area (Å²) in [6, 6.07) is 12.4. The van der Waals surface area contributed by atoms with Crippen molar-refractivity contribution in [2.24, 2.45) is 0 Å². The van der Waals surface area contributed by atoms with E-state index < -0.39 is 12.0 Å². The van der Waals surface area contributed by atoms with Crippen molar-refractivity contribution in [3.8, 4) is 0 Å². The van der Waals surface area contributed by atoms with E-state index >= 15 is 0 Å². The fourth-order valence-electron chi connectivity index (χ4n) is 4.12. The minimum atomic E-state index is -0.528. The molecule has 2 heterocycles. The van der Waals surface area contributed by atoms with Crippen LogP contribution in [0.15, 0.2) is 48.5 Å². The maximum absolute atomic E-state index is 14.1. The SMILES string of the molecule is CCOC(=O)c1ccc(N2C(=O)CC(N3CCN(c4ccccc4F)CC3)C2=O)cc1. The van der Waals surface area contributed by atoms with Crippen LogP contribution in [0.3, 0.4) is 0 Å².